The van der Waals surface area contributed by atoms with Gasteiger partial charge in [-0.05, 0) is 30.9 Å². The summed E-state index contributed by atoms with van der Waals surface area (Å²) in [5, 5.41) is 0. The van der Waals surface area contributed by atoms with Crippen molar-refractivity contribution in [3.8, 4) is 0 Å². The molecule has 0 saturated carbocycles. The standard InChI is InChI=1S/C14H23N3O/c1-3-7-16-8-4-5-13(16)14(18)17-9-6-12(15)11(2)10-17/h4-5,8,11-12H,3,6-7,9-10,15H2,1-2H3. The van der Waals surface area contributed by atoms with Crippen LogP contribution in [0.2, 0.25) is 0 Å². The summed E-state index contributed by atoms with van der Waals surface area (Å²) in [7, 11) is 0. The highest BCUT2D eigenvalue weighted by Crippen LogP contribution is 2.17. The summed E-state index contributed by atoms with van der Waals surface area (Å²) in [6.07, 6.45) is 3.92. The Labute approximate surface area is 109 Å². The SMILES string of the molecule is CCCn1cccc1C(=O)N1CCC(N)C(C)C1. The molecule has 0 aliphatic carbocycles. The van der Waals surface area contributed by atoms with Gasteiger partial charge in [0.15, 0.2) is 0 Å². The average Bonchev–Trinajstić information content (AvgIpc) is 2.80. The molecular weight excluding hydrogens is 226 g/mol. The Morgan fingerprint density at radius 3 is 3.00 bits per heavy atom. The molecule has 2 N–H and O–H groups in total. The van der Waals surface area contributed by atoms with Crippen LogP contribution in [-0.4, -0.2) is 34.5 Å². The molecule has 1 amide bonds. The van der Waals surface area contributed by atoms with Crippen LogP contribution in [0.15, 0.2) is 18.3 Å². The number of carbonyl (C=O) groups excluding carboxylic acids is 1. The minimum absolute atomic E-state index is 0.146. The number of aryl methyl sites for hydroxylation is 1. The molecule has 2 atom stereocenters. The summed E-state index contributed by atoms with van der Waals surface area (Å²) in [6.45, 7) is 6.70. The van der Waals surface area contributed by atoms with Crippen molar-refractivity contribution in [3.63, 3.8) is 0 Å². The second-order valence-electron chi connectivity index (χ2n) is 5.27. The Bertz CT molecular complexity index is 413. The maximum absolute atomic E-state index is 12.5. The predicted octanol–water partition coefficient (Wildman–Crippen LogP) is 1.71. The van der Waals surface area contributed by atoms with E-state index in [4.69, 9.17) is 5.73 Å². The van der Waals surface area contributed by atoms with E-state index in [9.17, 15) is 4.79 Å². The highest BCUT2D eigenvalue weighted by atomic mass is 16.2. The summed E-state index contributed by atoms with van der Waals surface area (Å²) < 4.78 is 2.04. The molecule has 0 spiro atoms. The average molecular weight is 249 g/mol. The Morgan fingerprint density at radius 2 is 2.33 bits per heavy atom. The van der Waals surface area contributed by atoms with Crippen LogP contribution < -0.4 is 5.73 Å². The highest BCUT2D eigenvalue weighted by Gasteiger charge is 2.27. The van der Waals surface area contributed by atoms with E-state index in [1.54, 1.807) is 0 Å². The van der Waals surface area contributed by atoms with Crippen LogP contribution in [0.5, 0.6) is 0 Å². The molecule has 0 bridgehead atoms. The van der Waals surface area contributed by atoms with Gasteiger partial charge in [0.1, 0.15) is 5.69 Å². The number of piperidine rings is 1. The molecule has 2 heterocycles. The van der Waals surface area contributed by atoms with Crippen LogP contribution in [0.1, 0.15) is 37.2 Å². The first-order chi connectivity index (χ1) is 8.63. The largest absolute Gasteiger partial charge is 0.344 e. The number of likely N-dealkylation sites (tertiary alicyclic amines) is 1. The summed E-state index contributed by atoms with van der Waals surface area (Å²) in [5.41, 5.74) is 6.80. The second kappa shape index (κ2) is 5.57. The molecule has 1 saturated heterocycles. The van der Waals surface area contributed by atoms with Crippen molar-refractivity contribution in [1.29, 1.82) is 0 Å². The van der Waals surface area contributed by atoms with Crippen molar-refractivity contribution in [3.05, 3.63) is 24.0 Å². The monoisotopic (exact) mass is 249 g/mol. The first-order valence-electron chi connectivity index (χ1n) is 6.83. The van der Waals surface area contributed by atoms with E-state index < -0.39 is 0 Å². The van der Waals surface area contributed by atoms with E-state index in [2.05, 4.69) is 13.8 Å². The quantitative estimate of drug-likeness (QED) is 0.886. The van der Waals surface area contributed by atoms with Crippen molar-refractivity contribution >= 4 is 5.91 Å². The second-order valence-corrected chi connectivity index (χ2v) is 5.27. The summed E-state index contributed by atoms with van der Waals surface area (Å²) in [4.78, 5) is 14.4. The Balaban J connectivity index is 2.09. The number of nitrogens with zero attached hydrogens (tertiary/aromatic N) is 2. The summed E-state index contributed by atoms with van der Waals surface area (Å²) in [5.74, 6) is 0.532. The van der Waals surface area contributed by atoms with Crippen LogP contribution in [-0.2, 0) is 6.54 Å². The van der Waals surface area contributed by atoms with E-state index in [0.717, 1.165) is 38.2 Å². The molecule has 4 nitrogen and oxygen atoms in total. The topological polar surface area (TPSA) is 51.3 Å². The van der Waals surface area contributed by atoms with Crippen LogP contribution >= 0.6 is 0 Å². The van der Waals surface area contributed by atoms with E-state index in [1.807, 2.05) is 27.8 Å². The van der Waals surface area contributed by atoms with Crippen LogP contribution in [0, 0.1) is 5.92 Å². The normalized spacial score (nSPS) is 24.3. The molecule has 18 heavy (non-hydrogen) atoms. The fraction of sp³-hybridized carbons (Fsp3) is 0.643. The van der Waals surface area contributed by atoms with Crippen molar-refractivity contribution < 1.29 is 4.79 Å². The first kappa shape index (κ1) is 13.1. The molecule has 0 aromatic carbocycles. The minimum Gasteiger partial charge on any atom is -0.344 e. The molecule has 1 aliphatic heterocycles. The third kappa shape index (κ3) is 2.58. The summed E-state index contributed by atoms with van der Waals surface area (Å²) >= 11 is 0. The highest BCUT2D eigenvalue weighted by molar-refractivity contribution is 5.92. The van der Waals surface area contributed by atoms with E-state index in [1.165, 1.54) is 0 Å². The van der Waals surface area contributed by atoms with Gasteiger partial charge >= 0.3 is 0 Å². The van der Waals surface area contributed by atoms with E-state index >= 15 is 0 Å². The third-order valence-corrected chi connectivity index (χ3v) is 3.77. The van der Waals surface area contributed by atoms with Gasteiger partial charge in [0.25, 0.3) is 5.91 Å². The lowest BCUT2D eigenvalue weighted by Gasteiger charge is -2.35. The van der Waals surface area contributed by atoms with Crippen LogP contribution in [0.4, 0.5) is 0 Å². The predicted molar refractivity (Wildman–Crippen MR) is 72.4 cm³/mol. The van der Waals surface area contributed by atoms with Gasteiger partial charge in [-0.2, -0.15) is 0 Å². The lowest BCUT2D eigenvalue weighted by Crippen LogP contribution is -2.48. The van der Waals surface area contributed by atoms with Gasteiger partial charge in [-0.25, -0.2) is 0 Å². The lowest BCUT2D eigenvalue weighted by molar-refractivity contribution is 0.0653. The van der Waals surface area contributed by atoms with Gasteiger partial charge < -0.3 is 15.2 Å². The van der Waals surface area contributed by atoms with Gasteiger partial charge in [-0.3, -0.25) is 4.79 Å². The molecule has 1 aromatic rings. The number of carbonyl (C=O) groups is 1. The Morgan fingerprint density at radius 1 is 1.56 bits per heavy atom. The van der Waals surface area contributed by atoms with Gasteiger partial charge in [-0.1, -0.05) is 13.8 Å². The molecule has 1 aromatic heterocycles. The lowest BCUT2D eigenvalue weighted by atomic mass is 9.94. The zero-order chi connectivity index (χ0) is 13.1. The van der Waals surface area contributed by atoms with E-state index in [0.29, 0.717) is 5.92 Å². The van der Waals surface area contributed by atoms with Crippen molar-refractivity contribution in [2.75, 3.05) is 13.1 Å². The van der Waals surface area contributed by atoms with Crippen molar-refractivity contribution in [2.45, 2.75) is 39.3 Å². The fourth-order valence-electron chi connectivity index (χ4n) is 2.55. The molecular formula is C14H23N3O. The molecule has 1 aliphatic rings. The summed E-state index contributed by atoms with van der Waals surface area (Å²) in [6, 6.07) is 4.09. The fourth-order valence-corrected chi connectivity index (χ4v) is 2.55. The molecule has 2 unspecified atom stereocenters. The van der Waals surface area contributed by atoms with Gasteiger partial charge in [-0.15, -0.1) is 0 Å². The maximum atomic E-state index is 12.5. The zero-order valence-electron chi connectivity index (χ0n) is 11.3. The molecule has 2 rings (SSSR count). The number of rotatable bonds is 3. The van der Waals surface area contributed by atoms with Gasteiger partial charge in [0.2, 0.25) is 0 Å². The molecule has 1 fully saturated rings. The van der Waals surface area contributed by atoms with Crippen LogP contribution in [0.3, 0.4) is 0 Å². The Hall–Kier alpha value is -1.29. The van der Waals surface area contributed by atoms with Crippen molar-refractivity contribution in [2.24, 2.45) is 11.7 Å². The minimum atomic E-state index is 0.146. The Kier molecular flexibility index (Phi) is 4.07. The maximum Gasteiger partial charge on any atom is 0.270 e. The van der Waals surface area contributed by atoms with Crippen molar-refractivity contribution in [1.82, 2.24) is 9.47 Å². The van der Waals surface area contributed by atoms with Gasteiger partial charge in [0, 0.05) is 31.9 Å². The molecule has 0 radical (unpaired) electrons. The number of amides is 1. The number of hydrogen-bond acceptors (Lipinski definition) is 2. The number of hydrogen-bond donors (Lipinski definition) is 1. The smallest absolute Gasteiger partial charge is 0.270 e. The van der Waals surface area contributed by atoms with Gasteiger partial charge in [0.05, 0.1) is 0 Å². The third-order valence-electron chi connectivity index (χ3n) is 3.77. The molecule has 4 heteroatoms. The zero-order valence-corrected chi connectivity index (χ0v) is 11.3. The first-order valence-corrected chi connectivity index (χ1v) is 6.83. The van der Waals surface area contributed by atoms with E-state index in [-0.39, 0.29) is 11.9 Å². The number of aromatic nitrogens is 1. The molecule has 100 valence electrons. The number of nitrogens with two attached hydrogens (primary N) is 1. The van der Waals surface area contributed by atoms with Crippen LogP contribution in [0.25, 0.3) is 0 Å².